The first-order chi connectivity index (χ1) is 10.1. The molecule has 0 bridgehead atoms. The van der Waals surface area contributed by atoms with Crippen LogP contribution in [0.5, 0.6) is 11.5 Å². The van der Waals surface area contributed by atoms with Crippen LogP contribution in [-0.2, 0) is 0 Å². The Balaban J connectivity index is 2.43. The molecule has 0 heterocycles. The summed E-state index contributed by atoms with van der Waals surface area (Å²) in [7, 11) is 5.04. The zero-order valence-corrected chi connectivity index (χ0v) is 12.7. The molecule has 0 spiro atoms. The van der Waals surface area contributed by atoms with Crippen LogP contribution >= 0.6 is 0 Å². The van der Waals surface area contributed by atoms with Gasteiger partial charge < -0.3 is 14.8 Å². The van der Waals surface area contributed by atoms with Gasteiger partial charge in [-0.05, 0) is 48.9 Å². The molecule has 4 heteroatoms. The number of hydrogen-bond donors (Lipinski definition) is 1. The van der Waals surface area contributed by atoms with Crippen molar-refractivity contribution in [3.05, 3.63) is 58.9 Å². The SMILES string of the molecule is CNC(c1ccc(C)c(F)c1)c1ccc(OC)c(OC)c1. The standard InChI is InChI=1S/C17H20FNO2/c1-11-5-6-12(9-14(11)18)17(19-2)13-7-8-15(20-3)16(10-13)21-4/h5-10,17,19H,1-4H3. The van der Waals surface area contributed by atoms with Crippen molar-refractivity contribution in [2.24, 2.45) is 0 Å². The minimum absolute atomic E-state index is 0.111. The minimum Gasteiger partial charge on any atom is -0.493 e. The fraction of sp³-hybridized carbons (Fsp3) is 0.294. The predicted octanol–water partition coefficient (Wildman–Crippen LogP) is 3.46. The fourth-order valence-electron chi connectivity index (χ4n) is 2.35. The van der Waals surface area contributed by atoms with E-state index in [1.807, 2.05) is 31.3 Å². The molecule has 1 unspecified atom stereocenters. The first-order valence-corrected chi connectivity index (χ1v) is 6.76. The molecule has 3 nitrogen and oxygen atoms in total. The molecule has 0 saturated carbocycles. The maximum Gasteiger partial charge on any atom is 0.161 e. The molecule has 1 atom stereocenters. The van der Waals surface area contributed by atoms with Crippen molar-refractivity contribution >= 4 is 0 Å². The van der Waals surface area contributed by atoms with Gasteiger partial charge in [-0.15, -0.1) is 0 Å². The number of rotatable bonds is 5. The molecule has 0 amide bonds. The molecule has 0 radical (unpaired) electrons. The van der Waals surface area contributed by atoms with E-state index in [1.165, 1.54) is 0 Å². The van der Waals surface area contributed by atoms with Gasteiger partial charge in [-0.3, -0.25) is 0 Å². The van der Waals surface area contributed by atoms with E-state index in [0.717, 1.165) is 11.1 Å². The molecule has 0 fully saturated rings. The summed E-state index contributed by atoms with van der Waals surface area (Å²) >= 11 is 0. The fourth-order valence-corrected chi connectivity index (χ4v) is 2.35. The van der Waals surface area contributed by atoms with Crippen LogP contribution in [-0.4, -0.2) is 21.3 Å². The van der Waals surface area contributed by atoms with Crippen LogP contribution in [0.3, 0.4) is 0 Å². The number of methoxy groups -OCH3 is 2. The Morgan fingerprint density at radius 2 is 1.57 bits per heavy atom. The number of aryl methyl sites for hydroxylation is 1. The quantitative estimate of drug-likeness (QED) is 0.914. The van der Waals surface area contributed by atoms with Crippen molar-refractivity contribution < 1.29 is 13.9 Å². The Bertz CT molecular complexity index is 628. The molecule has 0 saturated heterocycles. The van der Waals surface area contributed by atoms with Gasteiger partial charge >= 0.3 is 0 Å². The van der Waals surface area contributed by atoms with Crippen molar-refractivity contribution in [1.82, 2.24) is 5.32 Å². The number of ether oxygens (including phenoxy) is 2. The first kappa shape index (κ1) is 15.3. The lowest BCUT2D eigenvalue weighted by Gasteiger charge is -2.19. The van der Waals surface area contributed by atoms with Gasteiger partial charge in [0.25, 0.3) is 0 Å². The second-order valence-electron chi connectivity index (χ2n) is 4.84. The van der Waals surface area contributed by atoms with Crippen molar-refractivity contribution in [1.29, 1.82) is 0 Å². The summed E-state index contributed by atoms with van der Waals surface area (Å²) in [6, 6.07) is 10.9. The van der Waals surface area contributed by atoms with Crippen LogP contribution < -0.4 is 14.8 Å². The molecule has 0 aliphatic rings. The highest BCUT2D eigenvalue weighted by molar-refractivity contribution is 5.46. The van der Waals surface area contributed by atoms with Gasteiger partial charge in [-0.1, -0.05) is 18.2 Å². The summed E-state index contributed by atoms with van der Waals surface area (Å²) in [5, 5.41) is 3.21. The number of hydrogen-bond acceptors (Lipinski definition) is 3. The Labute approximate surface area is 124 Å². The third kappa shape index (κ3) is 3.16. The minimum atomic E-state index is -0.201. The van der Waals surface area contributed by atoms with Gasteiger partial charge in [0.1, 0.15) is 5.82 Å². The van der Waals surface area contributed by atoms with Crippen LogP contribution in [0.2, 0.25) is 0 Å². The Morgan fingerprint density at radius 3 is 2.14 bits per heavy atom. The maximum absolute atomic E-state index is 13.8. The summed E-state index contributed by atoms with van der Waals surface area (Å²) in [6.45, 7) is 1.75. The highest BCUT2D eigenvalue weighted by atomic mass is 19.1. The molecular weight excluding hydrogens is 269 g/mol. The van der Waals surface area contributed by atoms with Crippen LogP contribution in [0.4, 0.5) is 4.39 Å². The van der Waals surface area contributed by atoms with E-state index < -0.39 is 0 Å². The molecule has 2 aromatic carbocycles. The molecule has 0 aliphatic carbocycles. The van der Waals surface area contributed by atoms with Gasteiger partial charge in [0.05, 0.1) is 20.3 Å². The third-order valence-electron chi connectivity index (χ3n) is 3.56. The van der Waals surface area contributed by atoms with E-state index in [9.17, 15) is 4.39 Å². The van der Waals surface area contributed by atoms with E-state index in [4.69, 9.17) is 9.47 Å². The topological polar surface area (TPSA) is 30.5 Å². The zero-order valence-electron chi connectivity index (χ0n) is 12.7. The number of nitrogens with one attached hydrogen (secondary N) is 1. The Morgan fingerprint density at radius 1 is 0.952 bits per heavy atom. The predicted molar refractivity (Wildman–Crippen MR) is 81.6 cm³/mol. The Hall–Kier alpha value is -2.07. The van der Waals surface area contributed by atoms with Crippen LogP contribution in [0.15, 0.2) is 36.4 Å². The summed E-state index contributed by atoms with van der Waals surface area (Å²) in [5.41, 5.74) is 2.49. The summed E-state index contributed by atoms with van der Waals surface area (Å²) < 4.78 is 24.3. The van der Waals surface area contributed by atoms with Gasteiger partial charge in [0.15, 0.2) is 11.5 Å². The average molecular weight is 289 g/mol. The third-order valence-corrected chi connectivity index (χ3v) is 3.56. The van der Waals surface area contributed by atoms with Crippen molar-refractivity contribution in [2.45, 2.75) is 13.0 Å². The summed E-state index contributed by atoms with van der Waals surface area (Å²) in [5.74, 6) is 1.13. The monoisotopic (exact) mass is 289 g/mol. The lowest BCUT2D eigenvalue weighted by atomic mass is 9.97. The van der Waals surface area contributed by atoms with Crippen LogP contribution in [0, 0.1) is 12.7 Å². The molecule has 1 N–H and O–H groups in total. The smallest absolute Gasteiger partial charge is 0.161 e. The van der Waals surface area contributed by atoms with Gasteiger partial charge in [-0.25, -0.2) is 4.39 Å². The van der Waals surface area contributed by atoms with Crippen molar-refractivity contribution in [2.75, 3.05) is 21.3 Å². The maximum atomic E-state index is 13.8. The van der Waals surface area contributed by atoms with Crippen LogP contribution in [0.25, 0.3) is 0 Å². The van der Waals surface area contributed by atoms with Crippen molar-refractivity contribution in [3.63, 3.8) is 0 Å². The van der Waals surface area contributed by atoms with E-state index >= 15 is 0 Å². The van der Waals surface area contributed by atoms with Gasteiger partial charge in [0, 0.05) is 0 Å². The highest BCUT2D eigenvalue weighted by Gasteiger charge is 2.15. The lowest BCUT2D eigenvalue weighted by molar-refractivity contribution is 0.354. The molecule has 112 valence electrons. The lowest BCUT2D eigenvalue weighted by Crippen LogP contribution is -2.18. The van der Waals surface area contributed by atoms with Gasteiger partial charge in [0.2, 0.25) is 0 Å². The number of halogens is 1. The average Bonchev–Trinajstić information content (AvgIpc) is 2.51. The largest absolute Gasteiger partial charge is 0.493 e. The molecule has 0 aromatic heterocycles. The second kappa shape index (κ2) is 6.59. The normalized spacial score (nSPS) is 12.0. The number of benzene rings is 2. The molecule has 2 aromatic rings. The van der Waals surface area contributed by atoms with E-state index in [1.54, 1.807) is 33.3 Å². The molecule has 0 aliphatic heterocycles. The molecule has 2 rings (SSSR count). The summed E-state index contributed by atoms with van der Waals surface area (Å²) in [4.78, 5) is 0. The van der Waals surface area contributed by atoms with Crippen LogP contribution in [0.1, 0.15) is 22.7 Å². The first-order valence-electron chi connectivity index (χ1n) is 6.76. The second-order valence-corrected chi connectivity index (χ2v) is 4.84. The van der Waals surface area contributed by atoms with E-state index in [-0.39, 0.29) is 11.9 Å². The van der Waals surface area contributed by atoms with Crippen molar-refractivity contribution in [3.8, 4) is 11.5 Å². The van der Waals surface area contributed by atoms with E-state index in [2.05, 4.69) is 5.32 Å². The summed E-state index contributed by atoms with van der Waals surface area (Å²) in [6.07, 6.45) is 0. The highest BCUT2D eigenvalue weighted by Crippen LogP contribution is 2.32. The Kier molecular flexibility index (Phi) is 4.81. The zero-order chi connectivity index (χ0) is 15.4. The van der Waals surface area contributed by atoms with E-state index in [0.29, 0.717) is 17.1 Å². The molecule has 21 heavy (non-hydrogen) atoms. The molecular formula is C17H20FNO2. The van der Waals surface area contributed by atoms with Gasteiger partial charge in [-0.2, -0.15) is 0 Å².